The topological polar surface area (TPSA) is 35.5 Å². The van der Waals surface area contributed by atoms with Gasteiger partial charge in [0.1, 0.15) is 18.7 Å². The van der Waals surface area contributed by atoms with Gasteiger partial charge in [0.05, 0.1) is 7.11 Å². The van der Waals surface area contributed by atoms with Crippen molar-refractivity contribution < 1.29 is 18.7 Å². The molecule has 0 fully saturated rings. The molecule has 0 aromatic heterocycles. The zero-order valence-electron chi connectivity index (χ0n) is 10.7. The molecule has 0 aliphatic carbocycles. The number of benzene rings is 2. The molecule has 5 heteroatoms. The molecule has 0 saturated heterocycles. The summed E-state index contributed by atoms with van der Waals surface area (Å²) in [6, 6.07) is 9.58. The summed E-state index contributed by atoms with van der Waals surface area (Å²) in [6.07, 6.45) is 0.723. The van der Waals surface area contributed by atoms with Crippen LogP contribution in [-0.4, -0.2) is 13.4 Å². The molecule has 0 atom stereocenters. The Morgan fingerprint density at radius 3 is 2.65 bits per heavy atom. The lowest BCUT2D eigenvalue weighted by Gasteiger charge is -2.11. The number of methoxy groups -OCH3 is 1. The largest absolute Gasteiger partial charge is 0.493 e. The van der Waals surface area contributed by atoms with Crippen LogP contribution < -0.4 is 9.47 Å². The fourth-order valence-electron chi connectivity index (χ4n) is 1.67. The van der Waals surface area contributed by atoms with Gasteiger partial charge in [0, 0.05) is 15.6 Å². The molecule has 0 unspecified atom stereocenters. The minimum atomic E-state index is -0.345. The highest BCUT2D eigenvalue weighted by molar-refractivity contribution is 9.10. The van der Waals surface area contributed by atoms with E-state index >= 15 is 0 Å². The van der Waals surface area contributed by atoms with Gasteiger partial charge < -0.3 is 9.47 Å². The molecule has 3 nitrogen and oxygen atoms in total. The Labute approximate surface area is 124 Å². The number of aldehydes is 1. The second-order valence-electron chi connectivity index (χ2n) is 4.05. The lowest BCUT2D eigenvalue weighted by Crippen LogP contribution is -2.00. The molecule has 0 amide bonds. The summed E-state index contributed by atoms with van der Waals surface area (Å²) in [5.41, 5.74) is 0.929. The van der Waals surface area contributed by atoms with Crippen molar-refractivity contribution in [2.24, 2.45) is 0 Å². The van der Waals surface area contributed by atoms with Crippen molar-refractivity contribution >= 4 is 22.2 Å². The Bertz CT molecular complexity index is 629. The van der Waals surface area contributed by atoms with E-state index in [1.165, 1.54) is 13.2 Å². The van der Waals surface area contributed by atoms with E-state index in [0.29, 0.717) is 27.1 Å². The Balaban J connectivity index is 2.16. The summed E-state index contributed by atoms with van der Waals surface area (Å²) in [5.74, 6) is 0.551. The Hall–Kier alpha value is -1.88. The third kappa shape index (κ3) is 3.36. The summed E-state index contributed by atoms with van der Waals surface area (Å²) in [4.78, 5) is 10.7. The highest BCUT2D eigenvalue weighted by Gasteiger charge is 2.08. The summed E-state index contributed by atoms with van der Waals surface area (Å²) in [7, 11) is 1.48. The van der Waals surface area contributed by atoms with Gasteiger partial charge in [0.2, 0.25) is 0 Å². The first-order valence-electron chi connectivity index (χ1n) is 5.84. The number of carbonyl (C=O) groups excluding carboxylic acids is 1. The van der Waals surface area contributed by atoms with E-state index in [-0.39, 0.29) is 12.4 Å². The maximum atomic E-state index is 13.7. The molecule has 0 radical (unpaired) electrons. The Kier molecular flexibility index (Phi) is 4.74. The van der Waals surface area contributed by atoms with Crippen LogP contribution in [0.3, 0.4) is 0 Å². The summed E-state index contributed by atoms with van der Waals surface area (Å²) in [5, 5.41) is 0. The van der Waals surface area contributed by atoms with Crippen LogP contribution in [0.25, 0.3) is 0 Å². The van der Waals surface area contributed by atoms with Gasteiger partial charge in [-0.15, -0.1) is 0 Å². The van der Waals surface area contributed by atoms with Crippen molar-refractivity contribution in [1.29, 1.82) is 0 Å². The molecule has 0 heterocycles. The fourth-order valence-corrected chi connectivity index (χ4v) is 2.00. The number of ether oxygens (including phenoxy) is 2. The van der Waals surface area contributed by atoms with Crippen molar-refractivity contribution in [2.45, 2.75) is 6.61 Å². The maximum Gasteiger partial charge on any atom is 0.161 e. The van der Waals surface area contributed by atoms with Crippen LogP contribution >= 0.6 is 15.9 Å². The van der Waals surface area contributed by atoms with Crippen LogP contribution in [0, 0.1) is 5.82 Å². The van der Waals surface area contributed by atoms with Crippen molar-refractivity contribution in [1.82, 2.24) is 0 Å². The number of halogens is 2. The molecule has 0 aliphatic heterocycles. The first kappa shape index (κ1) is 14.5. The molecule has 104 valence electrons. The summed E-state index contributed by atoms with van der Waals surface area (Å²) < 4.78 is 25.0. The normalized spacial score (nSPS) is 10.2. The maximum absolute atomic E-state index is 13.7. The molecule has 0 saturated carbocycles. The van der Waals surface area contributed by atoms with Crippen LogP contribution in [-0.2, 0) is 6.61 Å². The standard InChI is InChI=1S/C15H12BrFO3/c1-19-15-6-10(8-18)2-5-14(15)20-9-11-3-4-12(16)7-13(11)17/h2-8H,9H2,1H3. The second-order valence-corrected chi connectivity index (χ2v) is 4.97. The molecule has 0 aliphatic rings. The molecular weight excluding hydrogens is 327 g/mol. The van der Waals surface area contributed by atoms with E-state index in [1.807, 2.05) is 0 Å². The quantitative estimate of drug-likeness (QED) is 0.773. The molecule has 20 heavy (non-hydrogen) atoms. The highest BCUT2D eigenvalue weighted by atomic mass is 79.9. The van der Waals surface area contributed by atoms with Crippen molar-refractivity contribution in [2.75, 3.05) is 7.11 Å². The predicted octanol–water partition coefficient (Wildman–Crippen LogP) is 3.99. The van der Waals surface area contributed by atoms with Crippen molar-refractivity contribution in [3.63, 3.8) is 0 Å². The van der Waals surface area contributed by atoms with Gasteiger partial charge in [0.25, 0.3) is 0 Å². The Morgan fingerprint density at radius 2 is 2.00 bits per heavy atom. The lowest BCUT2D eigenvalue weighted by molar-refractivity contribution is 0.112. The average molecular weight is 339 g/mol. The van der Waals surface area contributed by atoms with Gasteiger partial charge in [-0.25, -0.2) is 4.39 Å². The third-order valence-electron chi connectivity index (χ3n) is 2.72. The van der Waals surface area contributed by atoms with Crippen LogP contribution in [0.4, 0.5) is 4.39 Å². The van der Waals surface area contributed by atoms with E-state index in [9.17, 15) is 9.18 Å². The summed E-state index contributed by atoms with van der Waals surface area (Å²) in [6.45, 7) is 0.0793. The number of carbonyl (C=O) groups is 1. The first-order valence-corrected chi connectivity index (χ1v) is 6.63. The second kappa shape index (κ2) is 6.52. The smallest absolute Gasteiger partial charge is 0.161 e. The van der Waals surface area contributed by atoms with Gasteiger partial charge in [-0.1, -0.05) is 22.0 Å². The molecule has 2 aromatic carbocycles. The summed E-state index contributed by atoms with van der Waals surface area (Å²) >= 11 is 3.20. The van der Waals surface area contributed by atoms with Crippen LogP contribution in [0.1, 0.15) is 15.9 Å². The zero-order chi connectivity index (χ0) is 14.5. The predicted molar refractivity (Wildman–Crippen MR) is 76.8 cm³/mol. The SMILES string of the molecule is COc1cc(C=O)ccc1OCc1ccc(Br)cc1F. The third-order valence-corrected chi connectivity index (χ3v) is 3.22. The number of hydrogen-bond acceptors (Lipinski definition) is 3. The van der Waals surface area contributed by atoms with Crippen LogP contribution in [0.15, 0.2) is 40.9 Å². The van der Waals surface area contributed by atoms with Crippen molar-refractivity contribution in [3.05, 3.63) is 57.8 Å². The van der Waals surface area contributed by atoms with E-state index in [0.717, 1.165) is 6.29 Å². The molecule has 0 N–H and O–H groups in total. The van der Waals surface area contributed by atoms with E-state index in [1.54, 1.807) is 30.3 Å². The van der Waals surface area contributed by atoms with Gasteiger partial charge in [-0.05, 0) is 30.3 Å². The fraction of sp³-hybridized carbons (Fsp3) is 0.133. The minimum Gasteiger partial charge on any atom is -0.493 e. The van der Waals surface area contributed by atoms with Crippen molar-refractivity contribution in [3.8, 4) is 11.5 Å². The van der Waals surface area contributed by atoms with Crippen LogP contribution in [0.5, 0.6) is 11.5 Å². The highest BCUT2D eigenvalue weighted by Crippen LogP contribution is 2.28. The Morgan fingerprint density at radius 1 is 1.20 bits per heavy atom. The molecule has 2 rings (SSSR count). The first-order chi connectivity index (χ1) is 9.63. The van der Waals surface area contributed by atoms with Gasteiger partial charge in [0.15, 0.2) is 11.5 Å². The van der Waals surface area contributed by atoms with Gasteiger partial charge >= 0.3 is 0 Å². The average Bonchev–Trinajstić information content (AvgIpc) is 2.46. The van der Waals surface area contributed by atoms with E-state index < -0.39 is 0 Å². The number of hydrogen-bond donors (Lipinski definition) is 0. The molecule has 0 spiro atoms. The number of rotatable bonds is 5. The van der Waals surface area contributed by atoms with Crippen LogP contribution in [0.2, 0.25) is 0 Å². The molecule has 2 aromatic rings. The van der Waals surface area contributed by atoms with E-state index in [2.05, 4.69) is 15.9 Å². The monoisotopic (exact) mass is 338 g/mol. The lowest BCUT2D eigenvalue weighted by atomic mass is 10.2. The van der Waals surface area contributed by atoms with Gasteiger partial charge in [-0.3, -0.25) is 4.79 Å². The van der Waals surface area contributed by atoms with E-state index in [4.69, 9.17) is 9.47 Å². The van der Waals surface area contributed by atoms with Gasteiger partial charge in [-0.2, -0.15) is 0 Å². The molecular formula is C15H12BrFO3. The zero-order valence-corrected chi connectivity index (χ0v) is 12.3. The molecule has 0 bridgehead atoms. The minimum absolute atomic E-state index is 0.0793.